The summed E-state index contributed by atoms with van der Waals surface area (Å²) in [5.41, 5.74) is 5.36. The van der Waals surface area contributed by atoms with Crippen LogP contribution in [0, 0.1) is 6.92 Å². The van der Waals surface area contributed by atoms with E-state index in [0.29, 0.717) is 0 Å². The summed E-state index contributed by atoms with van der Waals surface area (Å²) in [7, 11) is 0. The molecular formula is C5H6NS. The summed E-state index contributed by atoms with van der Waals surface area (Å²) in [5.74, 6) is 0. The van der Waals surface area contributed by atoms with Gasteiger partial charge in [-0.2, -0.15) is 0 Å². The Balaban J connectivity index is 3.04. The van der Waals surface area contributed by atoms with Crippen LogP contribution in [0.4, 0.5) is 5.00 Å². The van der Waals surface area contributed by atoms with E-state index in [4.69, 9.17) is 5.73 Å². The van der Waals surface area contributed by atoms with Crippen LogP contribution < -0.4 is 5.73 Å². The highest BCUT2D eigenvalue weighted by Gasteiger charge is 1.85. The van der Waals surface area contributed by atoms with Gasteiger partial charge in [-0.05, 0) is 19.1 Å². The quantitative estimate of drug-likeness (QED) is 0.541. The van der Waals surface area contributed by atoms with Gasteiger partial charge >= 0.3 is 0 Å². The molecule has 1 nitrogen and oxygen atoms in total. The maximum Gasteiger partial charge on any atom is 0.0859 e. The van der Waals surface area contributed by atoms with E-state index in [-0.39, 0.29) is 0 Å². The van der Waals surface area contributed by atoms with Crippen LogP contribution >= 0.6 is 11.3 Å². The summed E-state index contributed by atoms with van der Waals surface area (Å²) in [6, 6.07) is 3.76. The topological polar surface area (TPSA) is 26.0 Å². The lowest BCUT2D eigenvalue weighted by Gasteiger charge is -1.72. The number of thiophene rings is 1. The fraction of sp³-hybridized carbons (Fsp3) is 0. The molecule has 0 aromatic carbocycles. The third kappa shape index (κ3) is 0.933. The van der Waals surface area contributed by atoms with Gasteiger partial charge in [-0.25, -0.2) is 0 Å². The molecule has 1 aromatic heterocycles. The van der Waals surface area contributed by atoms with Gasteiger partial charge < -0.3 is 5.73 Å². The van der Waals surface area contributed by atoms with Crippen molar-refractivity contribution >= 4 is 16.3 Å². The first-order valence-electron chi connectivity index (χ1n) is 1.96. The molecule has 0 aliphatic rings. The second-order valence-corrected chi connectivity index (χ2v) is 2.50. The van der Waals surface area contributed by atoms with Crippen molar-refractivity contribution in [3.05, 3.63) is 23.9 Å². The van der Waals surface area contributed by atoms with Gasteiger partial charge in [0.1, 0.15) is 0 Å². The molecule has 7 heavy (non-hydrogen) atoms. The summed E-state index contributed by atoms with van der Waals surface area (Å²) >= 11 is 1.51. The summed E-state index contributed by atoms with van der Waals surface area (Å²) in [6.45, 7) is 3.68. The lowest BCUT2D eigenvalue weighted by molar-refractivity contribution is 1.87. The van der Waals surface area contributed by atoms with Crippen LogP contribution in [-0.4, -0.2) is 0 Å². The largest absolute Gasteiger partial charge is 0.391 e. The number of nitrogens with two attached hydrogens (primary N) is 1. The lowest BCUT2D eigenvalue weighted by Crippen LogP contribution is -1.72. The van der Waals surface area contributed by atoms with Gasteiger partial charge in [0.05, 0.1) is 5.00 Å². The Morgan fingerprint density at radius 3 is 2.43 bits per heavy atom. The average molecular weight is 112 g/mol. The Hall–Kier alpha value is -0.500. The highest BCUT2D eigenvalue weighted by atomic mass is 32.1. The molecule has 1 radical (unpaired) electrons. The second kappa shape index (κ2) is 1.54. The minimum Gasteiger partial charge on any atom is -0.391 e. The van der Waals surface area contributed by atoms with Crippen LogP contribution in [0.25, 0.3) is 0 Å². The van der Waals surface area contributed by atoms with Crippen molar-refractivity contribution in [3.8, 4) is 0 Å². The van der Waals surface area contributed by atoms with E-state index in [1.807, 2.05) is 12.1 Å². The monoisotopic (exact) mass is 112 g/mol. The molecule has 37 valence electrons. The number of nitrogen functional groups attached to an aromatic ring is 1. The van der Waals surface area contributed by atoms with Crippen LogP contribution in [0.1, 0.15) is 4.88 Å². The summed E-state index contributed by atoms with van der Waals surface area (Å²) in [5, 5.41) is 0.838. The van der Waals surface area contributed by atoms with Gasteiger partial charge in [0.25, 0.3) is 0 Å². The van der Waals surface area contributed by atoms with E-state index < -0.39 is 0 Å². The Morgan fingerprint density at radius 2 is 2.29 bits per heavy atom. The van der Waals surface area contributed by atoms with Gasteiger partial charge in [-0.1, -0.05) is 0 Å². The van der Waals surface area contributed by atoms with Crippen molar-refractivity contribution in [2.24, 2.45) is 0 Å². The van der Waals surface area contributed by atoms with Gasteiger partial charge in [-0.15, -0.1) is 11.3 Å². The van der Waals surface area contributed by atoms with E-state index in [1.54, 1.807) is 0 Å². The zero-order valence-corrected chi connectivity index (χ0v) is 4.66. The number of anilines is 1. The van der Waals surface area contributed by atoms with Crippen LogP contribution in [0.2, 0.25) is 0 Å². The molecule has 1 aromatic rings. The zero-order valence-electron chi connectivity index (χ0n) is 3.85. The van der Waals surface area contributed by atoms with E-state index in [2.05, 4.69) is 6.92 Å². The van der Waals surface area contributed by atoms with Crippen molar-refractivity contribution in [3.63, 3.8) is 0 Å². The molecular weight excluding hydrogens is 106 g/mol. The Bertz CT molecular complexity index is 140. The molecule has 0 saturated carbocycles. The SMILES string of the molecule is [CH2]c1ccc(N)s1. The molecule has 1 heterocycles. The van der Waals surface area contributed by atoms with Crippen molar-refractivity contribution in [1.29, 1.82) is 0 Å². The van der Waals surface area contributed by atoms with E-state index in [9.17, 15) is 0 Å². The molecule has 1 rings (SSSR count). The van der Waals surface area contributed by atoms with Crippen LogP contribution in [0.5, 0.6) is 0 Å². The Kier molecular flexibility index (Phi) is 1.02. The van der Waals surface area contributed by atoms with Crippen molar-refractivity contribution in [2.45, 2.75) is 0 Å². The molecule has 0 fully saturated rings. The highest BCUT2D eigenvalue weighted by Crippen LogP contribution is 2.15. The second-order valence-electron chi connectivity index (χ2n) is 1.30. The first-order chi connectivity index (χ1) is 3.29. The molecule has 0 aliphatic carbocycles. The molecule has 2 N–H and O–H groups in total. The maximum atomic E-state index is 5.36. The lowest BCUT2D eigenvalue weighted by atomic mass is 10.5. The average Bonchev–Trinajstić information content (AvgIpc) is 1.87. The third-order valence-electron chi connectivity index (χ3n) is 0.682. The molecule has 2 heteroatoms. The molecule has 0 spiro atoms. The van der Waals surface area contributed by atoms with E-state index in [1.165, 1.54) is 11.3 Å². The number of hydrogen-bond donors (Lipinski definition) is 1. The molecule has 0 aliphatic heterocycles. The zero-order chi connectivity index (χ0) is 5.28. The fourth-order valence-electron chi connectivity index (χ4n) is 0.394. The van der Waals surface area contributed by atoms with E-state index >= 15 is 0 Å². The summed E-state index contributed by atoms with van der Waals surface area (Å²) in [6.07, 6.45) is 0. The summed E-state index contributed by atoms with van der Waals surface area (Å²) in [4.78, 5) is 1.03. The van der Waals surface area contributed by atoms with Crippen molar-refractivity contribution < 1.29 is 0 Å². The van der Waals surface area contributed by atoms with Gasteiger partial charge in [-0.3, -0.25) is 0 Å². The highest BCUT2D eigenvalue weighted by molar-refractivity contribution is 7.16. The van der Waals surface area contributed by atoms with Gasteiger partial charge in [0, 0.05) is 4.88 Å². The van der Waals surface area contributed by atoms with Crippen LogP contribution in [0.3, 0.4) is 0 Å². The van der Waals surface area contributed by atoms with E-state index in [0.717, 1.165) is 9.88 Å². The van der Waals surface area contributed by atoms with Crippen LogP contribution in [0.15, 0.2) is 12.1 Å². The first-order valence-corrected chi connectivity index (χ1v) is 2.78. The molecule has 0 saturated heterocycles. The number of rotatable bonds is 0. The predicted octanol–water partition coefficient (Wildman–Crippen LogP) is 1.51. The first kappa shape index (κ1) is 4.65. The van der Waals surface area contributed by atoms with Crippen molar-refractivity contribution in [2.75, 3.05) is 5.73 Å². The normalized spacial score (nSPS) is 9.29. The third-order valence-corrected chi connectivity index (χ3v) is 1.45. The summed E-state index contributed by atoms with van der Waals surface area (Å²) < 4.78 is 0. The minimum absolute atomic E-state index is 0.838. The Labute approximate surface area is 46.8 Å². The maximum absolute atomic E-state index is 5.36. The molecule has 0 amide bonds. The van der Waals surface area contributed by atoms with Crippen molar-refractivity contribution in [1.82, 2.24) is 0 Å². The smallest absolute Gasteiger partial charge is 0.0859 e. The van der Waals surface area contributed by atoms with Gasteiger partial charge in [0.2, 0.25) is 0 Å². The minimum atomic E-state index is 0.838. The standard InChI is InChI=1S/C5H6NS/c1-4-2-3-5(6)7-4/h2-3H,1,6H2. The molecule has 0 bridgehead atoms. The molecule has 0 unspecified atom stereocenters. The fourth-order valence-corrected chi connectivity index (χ4v) is 0.969. The Morgan fingerprint density at radius 1 is 1.57 bits per heavy atom. The van der Waals surface area contributed by atoms with Gasteiger partial charge in [0.15, 0.2) is 0 Å². The predicted molar refractivity (Wildman–Crippen MR) is 33.2 cm³/mol. The number of hydrogen-bond acceptors (Lipinski definition) is 2. The molecule has 0 atom stereocenters. The van der Waals surface area contributed by atoms with Crippen LogP contribution in [-0.2, 0) is 0 Å².